The van der Waals surface area contributed by atoms with E-state index in [4.69, 9.17) is 0 Å². The predicted molar refractivity (Wildman–Crippen MR) is 77.8 cm³/mol. The quantitative estimate of drug-likeness (QED) is 0.747. The van der Waals surface area contributed by atoms with E-state index in [-0.39, 0.29) is 17.5 Å². The molecule has 8 heteroatoms. The Bertz CT molecular complexity index is 565. The molecule has 0 saturated carbocycles. The van der Waals surface area contributed by atoms with Crippen molar-refractivity contribution in [2.45, 2.75) is 31.7 Å². The van der Waals surface area contributed by atoms with Crippen molar-refractivity contribution in [3.05, 3.63) is 14.7 Å². The monoisotopic (exact) mass is 369 g/mol. The predicted octanol–water partition coefficient (Wildman–Crippen LogP) is 2.39. The number of nitrogens with zero attached hydrogens (tertiary/aromatic N) is 1. The van der Waals surface area contributed by atoms with E-state index in [1.807, 2.05) is 0 Å². The van der Waals surface area contributed by atoms with Crippen LogP contribution < -0.4 is 0 Å². The first-order chi connectivity index (χ1) is 8.70. The van der Waals surface area contributed by atoms with Crippen molar-refractivity contribution in [2.24, 2.45) is 0 Å². The average Bonchev–Trinajstić information content (AvgIpc) is 2.65. The zero-order valence-corrected chi connectivity index (χ0v) is 14.4. The molecule has 0 spiro atoms. The van der Waals surface area contributed by atoms with Gasteiger partial charge in [-0.2, -0.15) is 4.31 Å². The molecule has 0 aliphatic rings. The Balaban J connectivity index is 3.21. The number of hydrogen-bond acceptors (Lipinski definition) is 5. The first kappa shape index (κ1) is 16.6. The van der Waals surface area contributed by atoms with Gasteiger partial charge in [0.15, 0.2) is 0 Å². The number of carbonyl (C=O) groups excluding carboxylic acids is 1. The third kappa shape index (κ3) is 3.77. The van der Waals surface area contributed by atoms with Crippen LogP contribution in [0.4, 0.5) is 0 Å². The molecule has 0 aliphatic heterocycles. The van der Waals surface area contributed by atoms with Crippen LogP contribution in [0.2, 0.25) is 0 Å². The smallest absolute Gasteiger partial charge is 0.321 e. The van der Waals surface area contributed by atoms with Crippen LogP contribution in [-0.2, 0) is 19.6 Å². The standard InChI is InChI=1S/C11H16BrNO4S2/c1-7(2)13(6-11(14)17-4)19(15,16)9-5-10(12)18-8(9)3/h5,7H,6H2,1-4H3. The number of rotatable bonds is 5. The summed E-state index contributed by atoms with van der Waals surface area (Å²) < 4.78 is 31.6. The van der Waals surface area contributed by atoms with Crippen molar-refractivity contribution in [3.63, 3.8) is 0 Å². The summed E-state index contributed by atoms with van der Waals surface area (Å²) in [4.78, 5) is 12.3. The Hall–Kier alpha value is -0.440. The molecule has 0 saturated heterocycles. The Kier molecular flexibility index (Phi) is 5.54. The van der Waals surface area contributed by atoms with Crippen LogP contribution >= 0.6 is 27.3 Å². The van der Waals surface area contributed by atoms with Crippen molar-refractivity contribution in [2.75, 3.05) is 13.7 Å². The van der Waals surface area contributed by atoms with Crippen molar-refractivity contribution in [3.8, 4) is 0 Å². The summed E-state index contributed by atoms with van der Waals surface area (Å²) >= 11 is 4.61. The highest BCUT2D eigenvalue weighted by Gasteiger charge is 2.31. The number of hydrogen-bond donors (Lipinski definition) is 0. The number of carbonyl (C=O) groups is 1. The lowest BCUT2D eigenvalue weighted by atomic mass is 10.4. The first-order valence-electron chi connectivity index (χ1n) is 5.54. The molecule has 0 radical (unpaired) electrons. The molecule has 108 valence electrons. The molecule has 1 rings (SSSR count). The fourth-order valence-corrected chi connectivity index (χ4v) is 5.52. The molecule has 5 nitrogen and oxygen atoms in total. The van der Waals surface area contributed by atoms with Crippen molar-refractivity contribution < 1.29 is 17.9 Å². The fraction of sp³-hybridized carbons (Fsp3) is 0.545. The maximum absolute atomic E-state index is 12.6. The van der Waals surface area contributed by atoms with Crippen LogP contribution in [0.1, 0.15) is 18.7 Å². The third-order valence-corrected chi connectivity index (χ3v) is 6.35. The molecule has 1 aromatic rings. The molecule has 19 heavy (non-hydrogen) atoms. The Labute approximate surface area is 125 Å². The van der Waals surface area contributed by atoms with Crippen LogP contribution in [-0.4, -0.2) is 38.4 Å². The Morgan fingerprint density at radius 1 is 1.53 bits per heavy atom. The summed E-state index contributed by atoms with van der Waals surface area (Å²) in [6.07, 6.45) is 0. The number of sulfonamides is 1. The molecule has 0 fully saturated rings. The van der Waals surface area contributed by atoms with Crippen LogP contribution in [0.5, 0.6) is 0 Å². The second-order valence-electron chi connectivity index (χ2n) is 4.19. The van der Waals surface area contributed by atoms with E-state index in [9.17, 15) is 13.2 Å². The maximum atomic E-state index is 12.6. The lowest BCUT2D eigenvalue weighted by Crippen LogP contribution is -2.41. The van der Waals surface area contributed by atoms with E-state index in [0.717, 1.165) is 8.09 Å². The zero-order chi connectivity index (χ0) is 14.8. The number of ether oxygens (including phenoxy) is 1. The number of methoxy groups -OCH3 is 1. The second kappa shape index (κ2) is 6.34. The van der Waals surface area contributed by atoms with Gasteiger partial charge in [-0.25, -0.2) is 8.42 Å². The summed E-state index contributed by atoms with van der Waals surface area (Å²) in [5.41, 5.74) is 0. The van der Waals surface area contributed by atoms with Crippen LogP contribution in [0.25, 0.3) is 0 Å². The summed E-state index contributed by atoms with van der Waals surface area (Å²) in [7, 11) is -2.47. The van der Waals surface area contributed by atoms with Gasteiger partial charge in [-0.1, -0.05) is 0 Å². The van der Waals surface area contributed by atoms with E-state index < -0.39 is 16.0 Å². The van der Waals surface area contributed by atoms with Gasteiger partial charge < -0.3 is 4.74 Å². The Morgan fingerprint density at radius 3 is 2.47 bits per heavy atom. The molecule has 0 aromatic carbocycles. The van der Waals surface area contributed by atoms with Gasteiger partial charge >= 0.3 is 5.97 Å². The minimum atomic E-state index is -3.70. The molecule has 0 unspecified atom stereocenters. The molecule has 1 heterocycles. The van der Waals surface area contributed by atoms with Gasteiger partial charge in [-0.15, -0.1) is 11.3 Å². The van der Waals surface area contributed by atoms with Crippen molar-refractivity contribution in [1.29, 1.82) is 0 Å². The minimum absolute atomic E-state index is 0.224. The lowest BCUT2D eigenvalue weighted by molar-refractivity contribution is -0.141. The van der Waals surface area contributed by atoms with Gasteiger partial charge in [-0.3, -0.25) is 4.79 Å². The lowest BCUT2D eigenvalue weighted by Gasteiger charge is -2.24. The minimum Gasteiger partial charge on any atom is -0.468 e. The maximum Gasteiger partial charge on any atom is 0.321 e. The van der Waals surface area contributed by atoms with Gasteiger partial charge in [0.2, 0.25) is 10.0 Å². The van der Waals surface area contributed by atoms with E-state index in [1.165, 1.54) is 18.4 Å². The number of aryl methyl sites for hydroxylation is 1. The van der Waals surface area contributed by atoms with Crippen LogP contribution in [0.3, 0.4) is 0 Å². The fourth-order valence-electron chi connectivity index (χ4n) is 1.55. The number of halogens is 1. The van der Waals surface area contributed by atoms with E-state index in [1.54, 1.807) is 26.8 Å². The molecule has 0 aliphatic carbocycles. The van der Waals surface area contributed by atoms with Gasteiger partial charge in [0.1, 0.15) is 6.54 Å². The van der Waals surface area contributed by atoms with Gasteiger partial charge in [0.25, 0.3) is 0 Å². The van der Waals surface area contributed by atoms with E-state index in [2.05, 4.69) is 20.7 Å². The molecule has 1 aromatic heterocycles. The molecular weight excluding hydrogens is 354 g/mol. The SMILES string of the molecule is COC(=O)CN(C(C)C)S(=O)(=O)c1cc(Br)sc1C. The highest BCUT2D eigenvalue weighted by molar-refractivity contribution is 9.11. The number of esters is 1. The highest BCUT2D eigenvalue weighted by atomic mass is 79.9. The van der Waals surface area contributed by atoms with Crippen molar-refractivity contribution >= 4 is 43.3 Å². The first-order valence-corrected chi connectivity index (χ1v) is 8.59. The normalized spacial score (nSPS) is 12.2. The summed E-state index contributed by atoms with van der Waals surface area (Å²) in [5.74, 6) is -0.579. The Morgan fingerprint density at radius 2 is 2.11 bits per heavy atom. The van der Waals surface area contributed by atoms with E-state index >= 15 is 0 Å². The molecule has 0 bridgehead atoms. The summed E-state index contributed by atoms with van der Waals surface area (Å²) in [6, 6.07) is 1.23. The van der Waals surface area contributed by atoms with Crippen molar-refractivity contribution in [1.82, 2.24) is 4.31 Å². The topological polar surface area (TPSA) is 63.7 Å². The zero-order valence-electron chi connectivity index (χ0n) is 11.1. The third-order valence-electron chi connectivity index (χ3n) is 2.52. The highest BCUT2D eigenvalue weighted by Crippen LogP contribution is 2.32. The average molecular weight is 370 g/mol. The molecule has 0 N–H and O–H groups in total. The molecule has 0 atom stereocenters. The van der Waals surface area contributed by atoms with Crippen LogP contribution in [0, 0.1) is 6.92 Å². The summed E-state index contributed by atoms with van der Waals surface area (Å²) in [5, 5.41) is 0. The number of thiophene rings is 1. The van der Waals surface area contributed by atoms with E-state index in [0.29, 0.717) is 4.88 Å². The van der Waals surface area contributed by atoms with Gasteiger partial charge in [0.05, 0.1) is 15.8 Å². The largest absolute Gasteiger partial charge is 0.468 e. The molecular formula is C11H16BrNO4S2. The summed E-state index contributed by atoms with van der Waals surface area (Å²) in [6.45, 7) is 4.89. The second-order valence-corrected chi connectivity index (χ2v) is 8.69. The van der Waals surface area contributed by atoms with Gasteiger partial charge in [0, 0.05) is 10.9 Å². The molecule has 0 amide bonds. The van der Waals surface area contributed by atoms with Gasteiger partial charge in [-0.05, 0) is 42.8 Å². The van der Waals surface area contributed by atoms with Crippen LogP contribution in [0.15, 0.2) is 14.7 Å².